The highest BCUT2D eigenvalue weighted by Gasteiger charge is 2.36. The maximum absolute atomic E-state index is 11.5. The van der Waals surface area contributed by atoms with Crippen LogP contribution >= 0.6 is 0 Å². The minimum absolute atomic E-state index is 0.269. The first-order valence-corrected chi connectivity index (χ1v) is 7.84. The number of piperazine rings is 1. The van der Waals surface area contributed by atoms with Crippen molar-refractivity contribution < 1.29 is 9.53 Å². The molecule has 3 rings (SSSR count). The molecule has 2 aliphatic heterocycles. The fraction of sp³-hybridized carbons (Fsp3) is 0.588. The molecule has 0 N–H and O–H groups in total. The minimum Gasteiger partial charge on any atom is -0.465 e. The molecular weight excluding hydrogens is 264 g/mol. The number of carbonyl (C=O) groups is 1. The molecule has 2 heterocycles. The van der Waals surface area contributed by atoms with E-state index < -0.39 is 0 Å². The summed E-state index contributed by atoms with van der Waals surface area (Å²) >= 11 is 0. The number of ether oxygens (including phenoxy) is 1. The van der Waals surface area contributed by atoms with Gasteiger partial charge in [-0.25, -0.2) is 4.79 Å². The number of methoxy groups -OCH3 is 1. The number of esters is 1. The number of hydrogen-bond donors (Lipinski definition) is 0. The number of benzene rings is 1. The fourth-order valence-corrected chi connectivity index (χ4v) is 3.70. The van der Waals surface area contributed by atoms with Crippen molar-refractivity contribution in [2.45, 2.75) is 38.4 Å². The molecule has 0 saturated carbocycles. The van der Waals surface area contributed by atoms with Gasteiger partial charge in [0.05, 0.1) is 12.7 Å². The number of carbonyl (C=O) groups excluding carboxylic acids is 1. The predicted octanol–water partition coefficient (Wildman–Crippen LogP) is 2.14. The van der Waals surface area contributed by atoms with Crippen molar-refractivity contribution in [2.75, 3.05) is 26.7 Å². The molecule has 0 aliphatic carbocycles. The van der Waals surface area contributed by atoms with Crippen LogP contribution in [0.5, 0.6) is 0 Å². The molecule has 21 heavy (non-hydrogen) atoms. The number of fused-ring (bicyclic) bond motifs is 1. The van der Waals surface area contributed by atoms with Gasteiger partial charge in [0, 0.05) is 31.7 Å². The van der Waals surface area contributed by atoms with E-state index in [9.17, 15) is 4.79 Å². The van der Waals surface area contributed by atoms with E-state index >= 15 is 0 Å². The summed E-state index contributed by atoms with van der Waals surface area (Å²) in [6.07, 6.45) is 2.68. The van der Waals surface area contributed by atoms with Crippen LogP contribution in [0.3, 0.4) is 0 Å². The Labute approximate surface area is 126 Å². The molecule has 2 fully saturated rings. The maximum atomic E-state index is 11.5. The summed E-state index contributed by atoms with van der Waals surface area (Å²) in [5.74, 6) is -0.269. The van der Waals surface area contributed by atoms with Gasteiger partial charge in [0.1, 0.15) is 0 Å². The topological polar surface area (TPSA) is 32.8 Å². The molecule has 0 bridgehead atoms. The van der Waals surface area contributed by atoms with Gasteiger partial charge in [-0.05, 0) is 44.0 Å². The normalized spacial score (nSPS) is 26.6. The Morgan fingerprint density at radius 3 is 2.71 bits per heavy atom. The van der Waals surface area contributed by atoms with Gasteiger partial charge < -0.3 is 4.74 Å². The molecule has 0 unspecified atom stereocenters. The predicted molar refractivity (Wildman–Crippen MR) is 82.2 cm³/mol. The lowest BCUT2D eigenvalue weighted by atomic mass is 10.0. The third-order valence-corrected chi connectivity index (χ3v) is 4.98. The van der Waals surface area contributed by atoms with E-state index in [0.29, 0.717) is 11.6 Å². The number of hydrogen-bond acceptors (Lipinski definition) is 4. The zero-order valence-electron chi connectivity index (χ0n) is 12.9. The molecule has 0 radical (unpaired) electrons. The zero-order chi connectivity index (χ0) is 14.8. The highest BCUT2D eigenvalue weighted by Crippen LogP contribution is 2.27. The average Bonchev–Trinajstić information content (AvgIpc) is 2.99. The smallest absolute Gasteiger partial charge is 0.337 e. The van der Waals surface area contributed by atoms with E-state index in [-0.39, 0.29) is 5.97 Å². The molecule has 0 amide bonds. The molecule has 1 aromatic carbocycles. The van der Waals surface area contributed by atoms with Crippen molar-refractivity contribution in [2.24, 2.45) is 0 Å². The molecule has 114 valence electrons. The first-order valence-electron chi connectivity index (χ1n) is 7.84. The molecule has 0 spiro atoms. The van der Waals surface area contributed by atoms with Gasteiger partial charge in [-0.3, -0.25) is 9.80 Å². The second-order valence-corrected chi connectivity index (χ2v) is 6.15. The summed E-state index contributed by atoms with van der Waals surface area (Å²) in [5.41, 5.74) is 1.89. The monoisotopic (exact) mass is 288 g/mol. The highest BCUT2D eigenvalue weighted by molar-refractivity contribution is 5.89. The highest BCUT2D eigenvalue weighted by atomic mass is 16.5. The Morgan fingerprint density at radius 1 is 1.24 bits per heavy atom. The Bertz CT molecular complexity index is 500. The van der Waals surface area contributed by atoms with Crippen LogP contribution in [0.2, 0.25) is 0 Å². The quantitative estimate of drug-likeness (QED) is 0.798. The van der Waals surface area contributed by atoms with E-state index in [0.717, 1.165) is 19.1 Å². The van der Waals surface area contributed by atoms with Crippen LogP contribution in [0.15, 0.2) is 24.3 Å². The van der Waals surface area contributed by atoms with Crippen molar-refractivity contribution in [1.29, 1.82) is 0 Å². The van der Waals surface area contributed by atoms with Gasteiger partial charge in [-0.15, -0.1) is 0 Å². The van der Waals surface area contributed by atoms with E-state index in [1.165, 1.54) is 38.6 Å². The lowest BCUT2D eigenvalue weighted by Crippen LogP contribution is -2.55. The largest absolute Gasteiger partial charge is 0.465 e. The van der Waals surface area contributed by atoms with Crippen LogP contribution in [0.25, 0.3) is 0 Å². The Morgan fingerprint density at radius 2 is 2.00 bits per heavy atom. The summed E-state index contributed by atoms with van der Waals surface area (Å²) < 4.78 is 4.74. The van der Waals surface area contributed by atoms with Crippen LogP contribution in [0, 0.1) is 0 Å². The third kappa shape index (κ3) is 2.97. The Balaban J connectivity index is 1.65. The van der Waals surface area contributed by atoms with Crippen LogP contribution in [0.4, 0.5) is 0 Å². The summed E-state index contributed by atoms with van der Waals surface area (Å²) in [6.45, 7) is 6.92. The van der Waals surface area contributed by atoms with Gasteiger partial charge in [0.25, 0.3) is 0 Å². The molecule has 2 atom stereocenters. The molecule has 2 saturated heterocycles. The molecular formula is C17H24N2O2. The van der Waals surface area contributed by atoms with Crippen LogP contribution in [-0.2, 0) is 11.3 Å². The Hall–Kier alpha value is -1.39. The molecule has 4 nitrogen and oxygen atoms in total. The van der Waals surface area contributed by atoms with E-state index in [1.54, 1.807) is 0 Å². The van der Waals surface area contributed by atoms with Crippen molar-refractivity contribution in [3.63, 3.8) is 0 Å². The standard InChI is InChI=1S/C17H24N2O2/c1-13-16-4-3-9-18(16)10-11-19(13)12-14-5-7-15(8-6-14)17(20)21-2/h5-8,13,16H,3-4,9-12H2,1-2H3/t13-,16+/m0/s1. The summed E-state index contributed by atoms with van der Waals surface area (Å²) in [7, 11) is 1.42. The van der Waals surface area contributed by atoms with E-state index in [4.69, 9.17) is 4.74 Å². The summed E-state index contributed by atoms with van der Waals surface area (Å²) in [4.78, 5) is 16.7. The summed E-state index contributed by atoms with van der Waals surface area (Å²) in [5, 5.41) is 0. The van der Waals surface area contributed by atoms with Gasteiger partial charge in [0.2, 0.25) is 0 Å². The number of nitrogens with zero attached hydrogens (tertiary/aromatic N) is 2. The fourth-order valence-electron chi connectivity index (χ4n) is 3.70. The molecule has 0 aromatic heterocycles. The summed E-state index contributed by atoms with van der Waals surface area (Å²) in [6, 6.07) is 9.14. The van der Waals surface area contributed by atoms with E-state index in [1.807, 2.05) is 24.3 Å². The van der Waals surface area contributed by atoms with Crippen molar-refractivity contribution in [3.8, 4) is 0 Å². The Kier molecular flexibility index (Phi) is 4.27. The molecule has 2 aliphatic rings. The van der Waals surface area contributed by atoms with Gasteiger partial charge in [-0.2, -0.15) is 0 Å². The van der Waals surface area contributed by atoms with Crippen molar-refractivity contribution in [1.82, 2.24) is 9.80 Å². The van der Waals surface area contributed by atoms with Crippen LogP contribution in [-0.4, -0.2) is 54.6 Å². The van der Waals surface area contributed by atoms with Crippen LogP contribution < -0.4 is 0 Å². The van der Waals surface area contributed by atoms with Gasteiger partial charge in [0.15, 0.2) is 0 Å². The maximum Gasteiger partial charge on any atom is 0.337 e. The van der Waals surface area contributed by atoms with Crippen molar-refractivity contribution in [3.05, 3.63) is 35.4 Å². The van der Waals surface area contributed by atoms with Crippen molar-refractivity contribution >= 4 is 5.97 Å². The van der Waals surface area contributed by atoms with E-state index in [2.05, 4.69) is 16.7 Å². The minimum atomic E-state index is -0.269. The molecule has 1 aromatic rings. The van der Waals surface area contributed by atoms with Gasteiger partial charge >= 0.3 is 5.97 Å². The van der Waals surface area contributed by atoms with Gasteiger partial charge in [-0.1, -0.05) is 12.1 Å². The second-order valence-electron chi connectivity index (χ2n) is 6.15. The SMILES string of the molecule is COC(=O)c1ccc(CN2CCN3CCC[C@@H]3[C@@H]2C)cc1. The lowest BCUT2D eigenvalue weighted by Gasteiger charge is -2.43. The average molecular weight is 288 g/mol. The molecule has 4 heteroatoms. The number of rotatable bonds is 3. The first kappa shape index (κ1) is 14.5. The third-order valence-electron chi connectivity index (χ3n) is 4.98. The first-order chi connectivity index (χ1) is 10.2. The lowest BCUT2D eigenvalue weighted by molar-refractivity contribution is 0.0470. The zero-order valence-corrected chi connectivity index (χ0v) is 12.9. The second kappa shape index (κ2) is 6.16. The van der Waals surface area contributed by atoms with Crippen LogP contribution in [0.1, 0.15) is 35.7 Å².